The first-order chi connectivity index (χ1) is 9.33. The van der Waals surface area contributed by atoms with Crippen molar-refractivity contribution in [2.24, 2.45) is 11.8 Å². The number of nitrogens with one attached hydrogen (secondary N) is 2. The number of carbonyl (C=O) groups is 1. The number of carbonyl (C=O) groups excluding carboxylic acids is 1. The van der Waals surface area contributed by atoms with Gasteiger partial charge in [-0.25, -0.2) is 4.79 Å². The molecule has 2 N–H and O–H groups in total. The Morgan fingerprint density at radius 3 is 2.45 bits per heavy atom. The van der Waals surface area contributed by atoms with E-state index in [9.17, 15) is 4.79 Å². The normalized spacial score (nSPS) is 28.2. The molecule has 0 heterocycles. The molecule has 3 atom stereocenters. The van der Waals surface area contributed by atoms with Gasteiger partial charge in [0.05, 0.1) is 0 Å². The van der Waals surface area contributed by atoms with E-state index in [1.54, 1.807) is 0 Å². The topological polar surface area (TPSA) is 50.4 Å². The van der Waals surface area contributed by atoms with Crippen LogP contribution in [0.15, 0.2) is 0 Å². The first-order valence-electron chi connectivity index (χ1n) is 8.06. The quantitative estimate of drug-likeness (QED) is 0.815. The summed E-state index contributed by atoms with van der Waals surface area (Å²) in [7, 11) is 0. The third-order valence-electron chi connectivity index (χ3n) is 4.21. The Hall–Kier alpha value is -0.770. The van der Waals surface area contributed by atoms with Gasteiger partial charge in [0.15, 0.2) is 0 Å². The SMILES string of the molecule is CC1CCC(NCC(NC(=O)OC(C)(C)C)C2CC2)C1. The molecule has 3 unspecified atom stereocenters. The van der Waals surface area contributed by atoms with Crippen LogP contribution in [0.2, 0.25) is 0 Å². The minimum atomic E-state index is -0.424. The van der Waals surface area contributed by atoms with Crippen molar-refractivity contribution in [1.29, 1.82) is 0 Å². The van der Waals surface area contributed by atoms with Crippen LogP contribution in [-0.2, 0) is 4.74 Å². The van der Waals surface area contributed by atoms with Gasteiger partial charge in [-0.1, -0.05) is 6.92 Å². The lowest BCUT2D eigenvalue weighted by atomic mass is 10.1. The van der Waals surface area contributed by atoms with Crippen LogP contribution in [0, 0.1) is 11.8 Å². The van der Waals surface area contributed by atoms with Gasteiger partial charge in [-0.3, -0.25) is 0 Å². The highest BCUT2D eigenvalue weighted by Crippen LogP contribution is 2.33. The lowest BCUT2D eigenvalue weighted by Gasteiger charge is -2.25. The number of amides is 1. The van der Waals surface area contributed by atoms with Crippen LogP contribution >= 0.6 is 0 Å². The molecule has 0 aromatic heterocycles. The fraction of sp³-hybridized carbons (Fsp3) is 0.938. The molecule has 0 radical (unpaired) electrons. The van der Waals surface area contributed by atoms with Crippen LogP contribution in [0.5, 0.6) is 0 Å². The van der Waals surface area contributed by atoms with Gasteiger partial charge >= 0.3 is 6.09 Å². The van der Waals surface area contributed by atoms with Crippen LogP contribution in [0.3, 0.4) is 0 Å². The Labute approximate surface area is 123 Å². The number of hydrogen-bond donors (Lipinski definition) is 2. The molecule has 0 spiro atoms. The monoisotopic (exact) mass is 282 g/mol. The summed E-state index contributed by atoms with van der Waals surface area (Å²) in [6, 6.07) is 0.854. The van der Waals surface area contributed by atoms with Crippen LogP contribution in [0.1, 0.15) is 59.8 Å². The zero-order chi connectivity index (χ0) is 14.8. The molecule has 0 aliphatic heterocycles. The number of ether oxygens (including phenoxy) is 1. The summed E-state index contributed by atoms with van der Waals surface area (Å²) >= 11 is 0. The third kappa shape index (κ3) is 5.31. The Morgan fingerprint density at radius 2 is 1.95 bits per heavy atom. The summed E-state index contributed by atoms with van der Waals surface area (Å²) in [6.45, 7) is 8.89. The van der Waals surface area contributed by atoms with Crippen molar-refractivity contribution < 1.29 is 9.53 Å². The molecule has 4 heteroatoms. The maximum atomic E-state index is 11.9. The second-order valence-corrected chi connectivity index (χ2v) is 7.61. The average molecular weight is 282 g/mol. The summed E-state index contributed by atoms with van der Waals surface area (Å²) in [4.78, 5) is 11.9. The van der Waals surface area contributed by atoms with Gasteiger partial charge in [0, 0.05) is 18.6 Å². The minimum Gasteiger partial charge on any atom is -0.444 e. The third-order valence-corrected chi connectivity index (χ3v) is 4.21. The van der Waals surface area contributed by atoms with Gasteiger partial charge in [0.1, 0.15) is 5.60 Å². The second-order valence-electron chi connectivity index (χ2n) is 7.61. The zero-order valence-electron chi connectivity index (χ0n) is 13.4. The van der Waals surface area contributed by atoms with Crippen molar-refractivity contribution >= 4 is 6.09 Å². The van der Waals surface area contributed by atoms with Crippen LogP contribution in [0.25, 0.3) is 0 Å². The van der Waals surface area contributed by atoms with Gasteiger partial charge in [-0.2, -0.15) is 0 Å². The van der Waals surface area contributed by atoms with E-state index in [0.717, 1.165) is 12.5 Å². The van der Waals surface area contributed by atoms with E-state index in [4.69, 9.17) is 4.74 Å². The summed E-state index contributed by atoms with van der Waals surface area (Å²) in [5.74, 6) is 1.47. The molecule has 2 aliphatic rings. The van der Waals surface area contributed by atoms with Crippen molar-refractivity contribution in [3.05, 3.63) is 0 Å². The van der Waals surface area contributed by atoms with E-state index in [0.29, 0.717) is 12.0 Å². The van der Waals surface area contributed by atoms with Crippen LogP contribution in [-0.4, -0.2) is 30.3 Å². The zero-order valence-corrected chi connectivity index (χ0v) is 13.4. The minimum absolute atomic E-state index is 0.223. The van der Waals surface area contributed by atoms with Gasteiger partial charge < -0.3 is 15.4 Å². The van der Waals surface area contributed by atoms with Gasteiger partial charge in [-0.15, -0.1) is 0 Å². The Bertz CT molecular complexity index is 334. The first-order valence-corrected chi connectivity index (χ1v) is 8.06. The van der Waals surface area contributed by atoms with Crippen molar-refractivity contribution in [1.82, 2.24) is 10.6 Å². The molecule has 2 fully saturated rings. The summed E-state index contributed by atoms with van der Waals surface area (Å²) < 4.78 is 5.36. The molecule has 0 saturated heterocycles. The fourth-order valence-corrected chi connectivity index (χ4v) is 2.98. The lowest BCUT2D eigenvalue weighted by Crippen LogP contribution is -2.47. The van der Waals surface area contributed by atoms with Gasteiger partial charge in [0.2, 0.25) is 0 Å². The summed E-state index contributed by atoms with van der Waals surface area (Å²) in [5, 5.41) is 6.68. The number of alkyl carbamates (subject to hydrolysis) is 1. The van der Waals surface area contributed by atoms with E-state index in [1.165, 1.54) is 32.1 Å². The predicted octanol–water partition coefficient (Wildman–Crippen LogP) is 3.07. The molecule has 20 heavy (non-hydrogen) atoms. The van der Waals surface area contributed by atoms with E-state index >= 15 is 0 Å². The molecule has 2 aliphatic carbocycles. The maximum absolute atomic E-state index is 11.9. The molecule has 2 rings (SSSR count). The molecular weight excluding hydrogens is 252 g/mol. The Morgan fingerprint density at radius 1 is 1.25 bits per heavy atom. The molecule has 4 nitrogen and oxygen atoms in total. The highest BCUT2D eigenvalue weighted by atomic mass is 16.6. The highest BCUT2D eigenvalue weighted by Gasteiger charge is 2.34. The standard InChI is InChI=1S/C16H30N2O2/c1-11-5-8-13(9-11)17-10-14(12-6-7-12)18-15(19)20-16(2,3)4/h11-14,17H,5-10H2,1-4H3,(H,18,19). The van der Waals surface area contributed by atoms with Crippen LogP contribution < -0.4 is 10.6 Å². The number of hydrogen-bond acceptors (Lipinski definition) is 3. The second kappa shape index (κ2) is 6.33. The predicted molar refractivity (Wildman–Crippen MR) is 80.7 cm³/mol. The smallest absolute Gasteiger partial charge is 0.407 e. The molecule has 2 saturated carbocycles. The molecule has 0 bridgehead atoms. The lowest BCUT2D eigenvalue weighted by molar-refractivity contribution is 0.0496. The summed E-state index contributed by atoms with van der Waals surface area (Å²) in [5.41, 5.74) is -0.424. The van der Waals surface area contributed by atoms with Gasteiger partial charge in [-0.05, 0) is 64.7 Å². The van der Waals surface area contributed by atoms with E-state index < -0.39 is 5.60 Å². The number of rotatable bonds is 5. The maximum Gasteiger partial charge on any atom is 0.407 e. The van der Waals surface area contributed by atoms with E-state index in [1.807, 2.05) is 20.8 Å². The van der Waals surface area contributed by atoms with E-state index in [2.05, 4.69) is 17.6 Å². The fourth-order valence-electron chi connectivity index (χ4n) is 2.98. The van der Waals surface area contributed by atoms with Gasteiger partial charge in [0.25, 0.3) is 0 Å². The highest BCUT2D eigenvalue weighted by molar-refractivity contribution is 5.68. The van der Waals surface area contributed by atoms with Crippen LogP contribution in [0.4, 0.5) is 4.79 Å². The Kier molecular flexibility index (Phi) is 4.95. The molecule has 0 aromatic carbocycles. The molecule has 1 amide bonds. The molecular formula is C16H30N2O2. The summed E-state index contributed by atoms with van der Waals surface area (Å²) in [6.07, 6.45) is 6.03. The molecule has 0 aromatic rings. The Balaban J connectivity index is 1.74. The van der Waals surface area contributed by atoms with Crippen molar-refractivity contribution in [3.8, 4) is 0 Å². The van der Waals surface area contributed by atoms with E-state index in [-0.39, 0.29) is 12.1 Å². The average Bonchev–Trinajstić information content (AvgIpc) is 3.06. The van der Waals surface area contributed by atoms with Crippen molar-refractivity contribution in [3.63, 3.8) is 0 Å². The molecule has 116 valence electrons. The van der Waals surface area contributed by atoms with Crippen molar-refractivity contribution in [2.75, 3.05) is 6.54 Å². The largest absolute Gasteiger partial charge is 0.444 e. The van der Waals surface area contributed by atoms with Crippen molar-refractivity contribution in [2.45, 2.75) is 77.5 Å². The first kappa shape index (κ1) is 15.6.